The van der Waals surface area contributed by atoms with Gasteiger partial charge in [0.15, 0.2) is 5.02 Å². The number of hydrogen-bond acceptors (Lipinski definition) is 3. The molecule has 0 amide bonds. The molecule has 5 nitrogen and oxygen atoms in total. The third-order valence-corrected chi connectivity index (χ3v) is 5.44. The van der Waals surface area contributed by atoms with Crippen LogP contribution in [0.15, 0.2) is 58.8 Å². The van der Waals surface area contributed by atoms with Crippen LogP contribution in [0.25, 0.3) is 11.3 Å². The summed E-state index contributed by atoms with van der Waals surface area (Å²) in [6, 6.07) is 16.3. The van der Waals surface area contributed by atoms with Crippen LogP contribution in [0, 0.1) is 6.92 Å². The van der Waals surface area contributed by atoms with E-state index in [0.717, 1.165) is 52.9 Å². The average Bonchev–Trinajstić information content (AvgIpc) is 2.98. The van der Waals surface area contributed by atoms with Crippen molar-refractivity contribution >= 4 is 38.5 Å². The van der Waals surface area contributed by atoms with Gasteiger partial charge >= 0.3 is 32.8 Å². The van der Waals surface area contributed by atoms with E-state index in [1.807, 2.05) is 59.9 Å². The van der Waals surface area contributed by atoms with Gasteiger partial charge in [-0.05, 0) is 49.6 Å². The maximum absolute atomic E-state index is 6.68. The molecule has 0 spiro atoms. The summed E-state index contributed by atoms with van der Waals surface area (Å²) in [7, 11) is 8.67. The average molecular weight is 498 g/mol. The number of hydrogen-bond donors (Lipinski definition) is 0. The van der Waals surface area contributed by atoms with Gasteiger partial charge in [-0.1, -0.05) is 41.9 Å². The molecule has 0 fully saturated rings. The number of aryl methyl sites for hydroxylation is 1. The molecule has 0 atom stereocenters. The predicted molar refractivity (Wildman–Crippen MR) is 122 cm³/mol. The van der Waals surface area contributed by atoms with Crippen LogP contribution in [0.1, 0.15) is 19.4 Å². The molecule has 1 heterocycles. The molecular formula is C22H27Cl2N5Zn. The zero-order valence-electron chi connectivity index (χ0n) is 18.2. The molecule has 156 valence electrons. The summed E-state index contributed by atoms with van der Waals surface area (Å²) >= 11 is 7.52. The van der Waals surface area contributed by atoms with Crippen LogP contribution in [0.4, 0.5) is 17.2 Å². The van der Waals surface area contributed by atoms with Gasteiger partial charge in [0.25, 0.3) is 0 Å². The summed E-state index contributed by atoms with van der Waals surface area (Å²) in [5.41, 5.74) is 5.11. The fourth-order valence-corrected chi connectivity index (χ4v) is 3.73. The van der Waals surface area contributed by atoms with Crippen molar-refractivity contribution in [3.8, 4) is 11.3 Å². The van der Waals surface area contributed by atoms with E-state index in [9.17, 15) is 0 Å². The summed E-state index contributed by atoms with van der Waals surface area (Å²) in [5.74, 6) is 0.634. The van der Waals surface area contributed by atoms with Gasteiger partial charge in [0.2, 0.25) is 0 Å². The van der Waals surface area contributed by atoms with Crippen molar-refractivity contribution in [1.82, 2.24) is 4.68 Å². The molecule has 30 heavy (non-hydrogen) atoms. The number of halogens is 2. The molecule has 0 N–H and O–H groups in total. The van der Waals surface area contributed by atoms with Crippen LogP contribution >= 0.6 is 21.3 Å². The Morgan fingerprint density at radius 3 is 2.23 bits per heavy atom. The topological polar surface area (TPSA) is 36.8 Å². The minimum atomic E-state index is 0.595. The van der Waals surface area contributed by atoms with E-state index >= 15 is 0 Å². The summed E-state index contributed by atoms with van der Waals surface area (Å²) in [6.07, 6.45) is 0. The Labute approximate surface area is 198 Å². The summed E-state index contributed by atoms with van der Waals surface area (Å²) in [5, 5.41) is 9.56. The van der Waals surface area contributed by atoms with Crippen LogP contribution in [0.2, 0.25) is 5.02 Å². The molecule has 0 unspecified atom stereocenters. The zero-order valence-corrected chi connectivity index (χ0v) is 22.7. The first-order chi connectivity index (χ1) is 14.5. The van der Waals surface area contributed by atoms with Gasteiger partial charge in [-0.3, -0.25) is 0 Å². The molecule has 0 aliphatic rings. The number of benzene rings is 2. The first-order valence-electron chi connectivity index (χ1n) is 9.81. The van der Waals surface area contributed by atoms with E-state index in [0.29, 0.717) is 10.8 Å². The second-order valence-electron chi connectivity index (χ2n) is 6.74. The molecule has 8 heteroatoms. The first kappa shape index (κ1) is 24.5. The summed E-state index contributed by atoms with van der Waals surface area (Å²) in [4.78, 5) is 2.31. The molecule has 1 aromatic heterocycles. The van der Waals surface area contributed by atoms with Crippen molar-refractivity contribution < 1.29 is 22.0 Å². The van der Waals surface area contributed by atoms with Crippen LogP contribution in [0.5, 0.6) is 0 Å². The first-order valence-corrected chi connectivity index (χ1v) is 14.1. The molecule has 0 aliphatic heterocycles. The Morgan fingerprint density at radius 1 is 1.03 bits per heavy atom. The second-order valence-corrected chi connectivity index (χ2v) is 7.12. The van der Waals surface area contributed by atoms with Gasteiger partial charge in [0.1, 0.15) is 18.4 Å². The molecule has 0 saturated carbocycles. The van der Waals surface area contributed by atoms with Crippen molar-refractivity contribution in [2.75, 3.05) is 18.0 Å². The van der Waals surface area contributed by atoms with E-state index in [1.165, 1.54) is 5.69 Å². The van der Waals surface area contributed by atoms with Crippen LogP contribution in [-0.2, 0) is 31.4 Å². The molecule has 3 rings (SSSR count). The van der Waals surface area contributed by atoms with Gasteiger partial charge in [-0.15, -0.1) is 0 Å². The minimum absolute atomic E-state index is 0.595. The van der Waals surface area contributed by atoms with E-state index in [1.54, 1.807) is 0 Å². The summed E-state index contributed by atoms with van der Waals surface area (Å²) in [6.45, 7) is 8.34. The molecule has 0 saturated heterocycles. The molecule has 0 bridgehead atoms. The molecule has 0 radical (unpaired) electrons. The third kappa shape index (κ3) is 5.29. The number of azo groups is 1. The Bertz CT molecular complexity index is 999. The van der Waals surface area contributed by atoms with Crippen molar-refractivity contribution in [1.29, 1.82) is 0 Å². The predicted octanol–water partition coefficient (Wildman–Crippen LogP) is 6.43. The Balaban J connectivity index is 0.00000155. The van der Waals surface area contributed by atoms with Crippen molar-refractivity contribution in [2.24, 2.45) is 24.3 Å². The van der Waals surface area contributed by atoms with E-state index in [-0.39, 0.29) is 0 Å². The summed E-state index contributed by atoms with van der Waals surface area (Å²) < 4.78 is 3.90. The number of aromatic nitrogens is 2. The van der Waals surface area contributed by atoms with Crippen molar-refractivity contribution in [3.63, 3.8) is 0 Å². The van der Waals surface area contributed by atoms with Crippen LogP contribution in [-0.4, -0.2) is 17.8 Å². The van der Waals surface area contributed by atoms with Gasteiger partial charge < -0.3 is 4.90 Å². The molecule has 0 aliphatic carbocycles. The van der Waals surface area contributed by atoms with Gasteiger partial charge in [0.05, 0.1) is 5.11 Å². The van der Waals surface area contributed by atoms with Crippen molar-refractivity contribution in [3.05, 3.63) is 59.1 Å². The second kappa shape index (κ2) is 11.6. The van der Waals surface area contributed by atoms with Crippen molar-refractivity contribution in [2.45, 2.75) is 20.8 Å². The third-order valence-electron chi connectivity index (χ3n) is 5.09. The molecular weight excluding hydrogens is 471 g/mol. The Morgan fingerprint density at radius 2 is 1.67 bits per heavy atom. The fourth-order valence-electron chi connectivity index (χ4n) is 3.34. The molecule has 3 aromatic rings. The van der Waals surface area contributed by atoms with E-state index in [2.05, 4.69) is 48.0 Å². The van der Waals surface area contributed by atoms with Gasteiger partial charge in [-0.25, -0.2) is 4.68 Å². The Kier molecular flexibility index (Phi) is 9.48. The van der Waals surface area contributed by atoms with Crippen LogP contribution < -0.4 is 9.58 Å². The SMILES string of the molecule is CCN(CC)c1ccc(N=Nc2c(Cl)c(-c3ccccc3)n(C)[n+]2C)c(C)c1.[Cl][Zn-]. The Hall–Kier alpha value is -1.75. The van der Waals surface area contributed by atoms with E-state index < -0.39 is 0 Å². The normalized spacial score (nSPS) is 10.7. The van der Waals surface area contributed by atoms with E-state index in [4.69, 9.17) is 21.3 Å². The van der Waals surface area contributed by atoms with Gasteiger partial charge in [0, 0.05) is 31.4 Å². The standard InChI is InChI=1S/C22H27ClN5.ClH.Zn/c1-6-28(7-2)18-13-14-19(16(3)15-18)24-25-22-20(23)21(26(4)27(22)5)17-11-9-8-10-12-17;;/h8-15H,6-7H2,1-5H3;1H;/q+1;;/p-1. The maximum atomic E-state index is 6.68. The number of nitrogens with zero attached hydrogens (tertiary/aromatic N) is 5. The fraction of sp³-hybridized carbons (Fsp3) is 0.318. The number of anilines is 1. The zero-order chi connectivity index (χ0) is 22.3. The monoisotopic (exact) mass is 495 g/mol. The number of rotatable bonds is 6. The van der Waals surface area contributed by atoms with Crippen LogP contribution in [0.3, 0.4) is 0 Å². The quantitative estimate of drug-likeness (QED) is 0.220. The van der Waals surface area contributed by atoms with Gasteiger partial charge in [-0.2, -0.15) is 4.68 Å². The molecule has 2 aromatic carbocycles.